The largest absolute Gasteiger partial charge is 0.382 e. The minimum Gasteiger partial charge on any atom is -0.382 e. The Hall–Kier alpha value is -1.03. The zero-order valence-electron chi connectivity index (χ0n) is 9.52. The van der Waals surface area contributed by atoms with Gasteiger partial charge in [-0.25, -0.2) is 4.99 Å². The van der Waals surface area contributed by atoms with Gasteiger partial charge in [-0.2, -0.15) is 0 Å². The van der Waals surface area contributed by atoms with Crippen molar-refractivity contribution in [1.29, 1.82) is 0 Å². The minimum absolute atomic E-state index is 0. The number of nitrogens with two attached hydrogens (primary N) is 1. The number of hydrogen-bond donors (Lipinski definition) is 1. The van der Waals surface area contributed by atoms with Crippen molar-refractivity contribution in [3.63, 3.8) is 0 Å². The lowest BCUT2D eigenvalue weighted by molar-refractivity contribution is 1.19. The fraction of sp³-hybridized carbons (Fsp3) is 0.154. The van der Waals surface area contributed by atoms with E-state index in [-0.39, 0.29) is 12.4 Å². The van der Waals surface area contributed by atoms with E-state index in [9.17, 15) is 0 Å². The average molecular weight is 299 g/mol. The number of hydrogen-bond acceptors (Lipinski definition) is 3. The highest BCUT2D eigenvalue weighted by molar-refractivity contribution is 7.12. The number of alkyl halides is 1. The van der Waals surface area contributed by atoms with Crippen molar-refractivity contribution >= 4 is 46.9 Å². The van der Waals surface area contributed by atoms with Crippen LogP contribution in [0.15, 0.2) is 34.6 Å². The van der Waals surface area contributed by atoms with Crippen molar-refractivity contribution in [3.05, 3.63) is 51.2 Å². The van der Waals surface area contributed by atoms with Crippen molar-refractivity contribution in [2.45, 2.75) is 12.3 Å². The van der Waals surface area contributed by atoms with Gasteiger partial charge in [0.1, 0.15) is 5.84 Å². The van der Waals surface area contributed by atoms with Crippen LogP contribution in [0.2, 0.25) is 0 Å². The van der Waals surface area contributed by atoms with Gasteiger partial charge in [0.2, 0.25) is 0 Å². The van der Waals surface area contributed by atoms with Crippen molar-refractivity contribution in [2.75, 3.05) is 0 Å². The molecule has 0 fully saturated rings. The second-order valence-electron chi connectivity index (χ2n) is 4.05. The number of aliphatic imine (C=N–C) groups is 1. The molecular formula is C13H12Cl2N2S. The zero-order chi connectivity index (χ0) is 11.8. The van der Waals surface area contributed by atoms with Gasteiger partial charge in [0.05, 0.1) is 10.6 Å². The van der Waals surface area contributed by atoms with Gasteiger partial charge in [-0.3, -0.25) is 0 Å². The first-order chi connectivity index (χ1) is 8.28. The first-order valence-electron chi connectivity index (χ1n) is 5.36. The first-order valence-corrected chi connectivity index (χ1v) is 6.78. The molecule has 0 radical (unpaired) electrons. The summed E-state index contributed by atoms with van der Waals surface area (Å²) in [5, 5.41) is 2.06. The Morgan fingerprint density at radius 2 is 2.11 bits per heavy atom. The van der Waals surface area contributed by atoms with Crippen LogP contribution in [0.5, 0.6) is 0 Å². The summed E-state index contributed by atoms with van der Waals surface area (Å²) in [6.45, 7) is 0. The van der Waals surface area contributed by atoms with Gasteiger partial charge in [0, 0.05) is 12.3 Å². The standard InChI is InChI=1S/C13H11ClN2S.ClH/c14-7-8-1-2-11-10(5-8)6-9-3-4-17-12(9)13(15)16-11;/h1-5H,6-7H2,(H2,15,16);1H. The fourth-order valence-corrected chi connectivity index (χ4v) is 3.05. The summed E-state index contributed by atoms with van der Waals surface area (Å²) in [4.78, 5) is 5.58. The second kappa shape index (κ2) is 5.31. The molecule has 5 heteroatoms. The molecule has 1 aromatic carbocycles. The van der Waals surface area contributed by atoms with E-state index in [2.05, 4.69) is 22.5 Å². The van der Waals surface area contributed by atoms with Crippen LogP contribution in [0.3, 0.4) is 0 Å². The molecule has 1 aromatic heterocycles. The lowest BCUT2D eigenvalue weighted by atomic mass is 10.0. The van der Waals surface area contributed by atoms with Crippen LogP contribution in [-0.4, -0.2) is 5.84 Å². The van der Waals surface area contributed by atoms with Gasteiger partial charge >= 0.3 is 0 Å². The Bertz CT molecular complexity index is 605. The number of thiophene rings is 1. The molecule has 0 spiro atoms. The molecule has 2 N–H and O–H groups in total. The molecule has 0 aliphatic carbocycles. The van der Waals surface area contributed by atoms with E-state index in [0.717, 1.165) is 22.5 Å². The van der Waals surface area contributed by atoms with Crippen LogP contribution in [-0.2, 0) is 12.3 Å². The summed E-state index contributed by atoms with van der Waals surface area (Å²) < 4.78 is 0. The van der Waals surface area contributed by atoms with Gasteiger partial charge in [-0.05, 0) is 34.2 Å². The molecule has 94 valence electrons. The smallest absolute Gasteiger partial charge is 0.141 e. The molecule has 0 unspecified atom stereocenters. The Balaban J connectivity index is 0.00000120. The first kappa shape index (κ1) is 13.4. The van der Waals surface area contributed by atoms with Crippen LogP contribution in [0.1, 0.15) is 21.6 Å². The summed E-state index contributed by atoms with van der Waals surface area (Å²) in [7, 11) is 0. The molecule has 2 aromatic rings. The Morgan fingerprint density at radius 1 is 1.28 bits per heavy atom. The molecule has 1 aliphatic rings. The van der Waals surface area contributed by atoms with Crippen LogP contribution in [0.4, 0.5) is 5.69 Å². The van der Waals surface area contributed by atoms with Gasteiger partial charge in [-0.1, -0.05) is 12.1 Å². The lowest BCUT2D eigenvalue weighted by Crippen LogP contribution is -2.11. The van der Waals surface area contributed by atoms with E-state index in [1.807, 2.05) is 12.1 Å². The number of halogens is 2. The zero-order valence-corrected chi connectivity index (χ0v) is 11.9. The molecule has 0 amide bonds. The van der Waals surface area contributed by atoms with Crippen molar-refractivity contribution in [3.8, 4) is 0 Å². The van der Waals surface area contributed by atoms with E-state index in [4.69, 9.17) is 17.3 Å². The van der Waals surface area contributed by atoms with Crippen LogP contribution < -0.4 is 5.73 Å². The third-order valence-corrected chi connectivity index (χ3v) is 4.19. The predicted molar refractivity (Wildman–Crippen MR) is 80.8 cm³/mol. The number of fused-ring (bicyclic) bond motifs is 2. The van der Waals surface area contributed by atoms with E-state index < -0.39 is 0 Å². The SMILES string of the molecule is Cl.NC1=Nc2ccc(CCl)cc2Cc2ccsc21. The van der Waals surface area contributed by atoms with Gasteiger partial charge < -0.3 is 5.73 Å². The molecule has 0 saturated carbocycles. The summed E-state index contributed by atoms with van der Waals surface area (Å²) in [6.07, 6.45) is 0.878. The number of benzene rings is 1. The number of nitrogens with zero attached hydrogens (tertiary/aromatic N) is 1. The maximum absolute atomic E-state index is 6.01. The second-order valence-corrected chi connectivity index (χ2v) is 5.23. The Labute approximate surface area is 121 Å². The Kier molecular flexibility index (Phi) is 3.95. The van der Waals surface area contributed by atoms with E-state index >= 15 is 0 Å². The van der Waals surface area contributed by atoms with Crippen molar-refractivity contribution < 1.29 is 0 Å². The number of rotatable bonds is 1. The third-order valence-electron chi connectivity index (χ3n) is 2.90. The summed E-state index contributed by atoms with van der Waals surface area (Å²) in [5.41, 5.74) is 10.5. The molecule has 0 atom stereocenters. The van der Waals surface area contributed by atoms with E-state index in [1.54, 1.807) is 11.3 Å². The molecule has 2 nitrogen and oxygen atoms in total. The summed E-state index contributed by atoms with van der Waals surface area (Å²) in [6, 6.07) is 8.23. The minimum atomic E-state index is 0. The highest BCUT2D eigenvalue weighted by Crippen LogP contribution is 2.31. The van der Waals surface area contributed by atoms with E-state index in [1.165, 1.54) is 11.1 Å². The average Bonchev–Trinajstić information content (AvgIpc) is 2.75. The van der Waals surface area contributed by atoms with Crippen molar-refractivity contribution in [1.82, 2.24) is 0 Å². The highest BCUT2D eigenvalue weighted by Gasteiger charge is 2.15. The maximum atomic E-state index is 6.01. The molecule has 0 bridgehead atoms. The number of amidine groups is 1. The lowest BCUT2D eigenvalue weighted by Gasteiger charge is -2.04. The summed E-state index contributed by atoms with van der Waals surface area (Å²) >= 11 is 7.51. The van der Waals surface area contributed by atoms with Gasteiger partial charge in [0.15, 0.2) is 0 Å². The fourth-order valence-electron chi connectivity index (χ4n) is 2.06. The summed E-state index contributed by atoms with van der Waals surface area (Å²) in [5.74, 6) is 1.15. The van der Waals surface area contributed by atoms with Crippen LogP contribution >= 0.6 is 35.3 Å². The predicted octanol–water partition coefficient (Wildman–Crippen LogP) is 3.85. The quantitative estimate of drug-likeness (QED) is 0.798. The molecule has 18 heavy (non-hydrogen) atoms. The van der Waals surface area contributed by atoms with Crippen molar-refractivity contribution in [2.24, 2.45) is 10.7 Å². The molecule has 3 rings (SSSR count). The van der Waals surface area contributed by atoms with Gasteiger partial charge in [-0.15, -0.1) is 35.3 Å². The van der Waals surface area contributed by atoms with Gasteiger partial charge in [0.25, 0.3) is 0 Å². The highest BCUT2D eigenvalue weighted by atomic mass is 35.5. The molecule has 1 aliphatic heterocycles. The molecular weight excluding hydrogens is 287 g/mol. The Morgan fingerprint density at radius 3 is 2.89 bits per heavy atom. The molecule has 0 saturated heterocycles. The van der Waals surface area contributed by atoms with Crippen LogP contribution in [0, 0.1) is 0 Å². The van der Waals surface area contributed by atoms with Crippen LogP contribution in [0.25, 0.3) is 0 Å². The maximum Gasteiger partial charge on any atom is 0.141 e. The van der Waals surface area contributed by atoms with E-state index in [0.29, 0.717) is 11.7 Å². The molecule has 2 heterocycles. The monoisotopic (exact) mass is 298 g/mol. The third kappa shape index (κ3) is 2.26. The topological polar surface area (TPSA) is 38.4 Å². The normalized spacial score (nSPS) is 12.8.